The van der Waals surface area contributed by atoms with E-state index in [2.05, 4.69) is 10.1 Å². The maximum atomic E-state index is 11.7. The van der Waals surface area contributed by atoms with Crippen LogP contribution in [0.4, 0.5) is 5.82 Å². The van der Waals surface area contributed by atoms with E-state index in [1.54, 1.807) is 18.5 Å². The number of aromatic nitrogens is 3. The molecule has 6 nitrogen and oxygen atoms in total. The monoisotopic (exact) mass is 248 g/mol. The first-order valence-electron chi connectivity index (χ1n) is 5.65. The Hall–Kier alpha value is -2.11. The van der Waals surface area contributed by atoms with Crippen LogP contribution in [-0.2, 0) is 16.1 Å². The highest BCUT2D eigenvalue weighted by molar-refractivity contribution is 5.89. The summed E-state index contributed by atoms with van der Waals surface area (Å²) >= 11 is 0. The predicted molar refractivity (Wildman–Crippen MR) is 67.8 cm³/mol. The largest absolute Gasteiger partial charge is 0.459 e. The Morgan fingerprint density at radius 3 is 2.89 bits per heavy atom. The van der Waals surface area contributed by atoms with Crippen molar-refractivity contribution < 1.29 is 9.53 Å². The van der Waals surface area contributed by atoms with Crippen molar-refractivity contribution >= 4 is 22.7 Å². The topological polar surface area (TPSA) is 83.0 Å². The summed E-state index contributed by atoms with van der Waals surface area (Å²) in [7, 11) is 0. The lowest BCUT2D eigenvalue weighted by Gasteiger charge is -2.19. The fraction of sp³-hybridized carbons (Fsp3) is 0.417. The minimum Gasteiger partial charge on any atom is -0.459 e. The van der Waals surface area contributed by atoms with Gasteiger partial charge >= 0.3 is 5.97 Å². The molecule has 2 N–H and O–H groups in total. The number of nitrogen functional groups attached to an aromatic ring is 1. The Morgan fingerprint density at radius 1 is 1.50 bits per heavy atom. The quantitative estimate of drug-likeness (QED) is 0.811. The first-order valence-corrected chi connectivity index (χ1v) is 5.65. The molecule has 96 valence electrons. The second-order valence-electron chi connectivity index (χ2n) is 5.02. The zero-order chi connectivity index (χ0) is 13.3. The number of rotatable bonds is 2. The summed E-state index contributed by atoms with van der Waals surface area (Å²) in [6.45, 7) is 5.49. The van der Waals surface area contributed by atoms with E-state index in [4.69, 9.17) is 10.5 Å². The van der Waals surface area contributed by atoms with Crippen LogP contribution in [0.15, 0.2) is 18.5 Å². The third-order valence-corrected chi connectivity index (χ3v) is 2.28. The van der Waals surface area contributed by atoms with Gasteiger partial charge < -0.3 is 10.5 Å². The molecule has 0 atom stereocenters. The molecular weight excluding hydrogens is 232 g/mol. The average Bonchev–Trinajstić information content (AvgIpc) is 2.54. The number of carbonyl (C=O) groups is 1. The van der Waals surface area contributed by atoms with Crippen molar-refractivity contribution in [3.63, 3.8) is 0 Å². The number of hydrogen-bond acceptors (Lipinski definition) is 5. The number of esters is 1. The van der Waals surface area contributed by atoms with Crippen LogP contribution in [0.5, 0.6) is 0 Å². The zero-order valence-corrected chi connectivity index (χ0v) is 10.7. The molecule has 0 fully saturated rings. The summed E-state index contributed by atoms with van der Waals surface area (Å²) in [6.07, 6.45) is 3.27. The highest BCUT2D eigenvalue weighted by Crippen LogP contribution is 2.19. The molecule has 2 heterocycles. The Balaban J connectivity index is 2.25. The summed E-state index contributed by atoms with van der Waals surface area (Å²) in [6, 6.07) is 1.77. The number of hydrogen-bond donors (Lipinski definition) is 1. The third-order valence-electron chi connectivity index (χ3n) is 2.28. The summed E-state index contributed by atoms with van der Waals surface area (Å²) in [5, 5.41) is 4.90. The van der Waals surface area contributed by atoms with E-state index in [1.165, 1.54) is 4.68 Å². The van der Waals surface area contributed by atoms with Gasteiger partial charge in [-0.3, -0.25) is 9.78 Å². The second kappa shape index (κ2) is 4.29. The number of carbonyl (C=O) groups excluding carboxylic acids is 1. The highest BCUT2D eigenvalue weighted by atomic mass is 16.6. The maximum absolute atomic E-state index is 11.7. The van der Waals surface area contributed by atoms with Gasteiger partial charge in [0.15, 0.2) is 5.82 Å². The van der Waals surface area contributed by atoms with Crippen LogP contribution >= 0.6 is 0 Å². The van der Waals surface area contributed by atoms with Gasteiger partial charge in [-0.05, 0) is 26.8 Å². The van der Waals surface area contributed by atoms with Crippen LogP contribution in [0.25, 0.3) is 10.9 Å². The van der Waals surface area contributed by atoms with Gasteiger partial charge in [-0.1, -0.05) is 0 Å². The van der Waals surface area contributed by atoms with Gasteiger partial charge in [-0.15, -0.1) is 0 Å². The molecular formula is C12H16N4O2. The van der Waals surface area contributed by atoms with E-state index < -0.39 is 5.60 Å². The van der Waals surface area contributed by atoms with E-state index in [9.17, 15) is 4.79 Å². The predicted octanol–water partition coefficient (Wildman–Crippen LogP) is 1.36. The van der Waals surface area contributed by atoms with Gasteiger partial charge in [0.05, 0.1) is 11.7 Å². The number of nitrogens with two attached hydrogens (primary N) is 1. The first-order chi connectivity index (χ1) is 8.37. The molecule has 0 saturated carbocycles. The van der Waals surface area contributed by atoms with Gasteiger partial charge in [-0.25, -0.2) is 4.68 Å². The number of nitrogens with zero attached hydrogens (tertiary/aromatic N) is 3. The molecule has 2 rings (SSSR count). The van der Waals surface area contributed by atoms with Crippen molar-refractivity contribution in [2.75, 3.05) is 5.73 Å². The molecule has 0 amide bonds. The minimum absolute atomic E-state index is 0.0245. The third kappa shape index (κ3) is 2.58. The summed E-state index contributed by atoms with van der Waals surface area (Å²) < 4.78 is 6.74. The van der Waals surface area contributed by atoms with Crippen LogP contribution in [0.1, 0.15) is 20.8 Å². The smallest absolute Gasteiger partial charge is 0.328 e. The van der Waals surface area contributed by atoms with Crippen molar-refractivity contribution in [2.45, 2.75) is 32.9 Å². The maximum Gasteiger partial charge on any atom is 0.328 e. The molecule has 0 unspecified atom stereocenters. The van der Waals surface area contributed by atoms with E-state index in [1.807, 2.05) is 20.8 Å². The molecule has 0 radical (unpaired) electrons. The Bertz CT molecular complexity index is 583. The van der Waals surface area contributed by atoms with Crippen LogP contribution in [0.3, 0.4) is 0 Å². The number of pyridine rings is 1. The van der Waals surface area contributed by atoms with Crippen molar-refractivity contribution in [1.29, 1.82) is 0 Å². The Kier molecular flexibility index (Phi) is 2.94. The second-order valence-corrected chi connectivity index (χ2v) is 5.02. The average molecular weight is 248 g/mol. The van der Waals surface area contributed by atoms with Crippen LogP contribution in [0, 0.1) is 0 Å². The van der Waals surface area contributed by atoms with Crippen LogP contribution in [0.2, 0.25) is 0 Å². The van der Waals surface area contributed by atoms with E-state index >= 15 is 0 Å². The molecule has 0 bridgehead atoms. The molecule has 0 spiro atoms. The van der Waals surface area contributed by atoms with Crippen LogP contribution < -0.4 is 5.73 Å². The fourth-order valence-electron chi connectivity index (χ4n) is 1.66. The molecule has 2 aromatic heterocycles. The first kappa shape index (κ1) is 12.3. The fourth-order valence-corrected chi connectivity index (χ4v) is 1.66. The summed E-state index contributed by atoms with van der Waals surface area (Å²) in [5.41, 5.74) is 5.98. The number of ether oxygens (including phenoxy) is 1. The standard InChI is InChI=1S/C12H16N4O2/c1-12(2,3)18-10(17)7-16-9-6-14-5-4-8(9)11(13)15-16/h4-6H,7H2,1-3H3,(H2,13,15). The molecule has 0 aliphatic carbocycles. The highest BCUT2D eigenvalue weighted by Gasteiger charge is 2.18. The van der Waals surface area contributed by atoms with Crippen molar-refractivity contribution in [1.82, 2.24) is 14.8 Å². The molecule has 2 aromatic rings. The zero-order valence-electron chi connectivity index (χ0n) is 10.7. The lowest BCUT2D eigenvalue weighted by atomic mass is 10.2. The summed E-state index contributed by atoms with van der Waals surface area (Å²) in [4.78, 5) is 15.7. The molecule has 18 heavy (non-hydrogen) atoms. The SMILES string of the molecule is CC(C)(C)OC(=O)Cn1nc(N)c2ccncc21. The minimum atomic E-state index is -0.510. The lowest BCUT2D eigenvalue weighted by molar-refractivity contribution is -0.155. The molecule has 6 heteroatoms. The van der Waals surface area contributed by atoms with E-state index in [0.29, 0.717) is 5.82 Å². The van der Waals surface area contributed by atoms with Crippen molar-refractivity contribution in [2.24, 2.45) is 0 Å². The number of fused-ring (bicyclic) bond motifs is 1. The Labute approximate surface area is 105 Å². The molecule has 0 saturated heterocycles. The van der Waals surface area contributed by atoms with Gasteiger partial charge in [0, 0.05) is 11.6 Å². The van der Waals surface area contributed by atoms with Gasteiger partial charge in [0.25, 0.3) is 0 Å². The van der Waals surface area contributed by atoms with Gasteiger partial charge in [0.2, 0.25) is 0 Å². The molecule has 0 aliphatic heterocycles. The molecule has 0 aliphatic rings. The lowest BCUT2D eigenvalue weighted by Crippen LogP contribution is -2.26. The molecule has 0 aromatic carbocycles. The van der Waals surface area contributed by atoms with Crippen molar-refractivity contribution in [3.05, 3.63) is 18.5 Å². The van der Waals surface area contributed by atoms with Gasteiger partial charge in [-0.2, -0.15) is 5.10 Å². The summed E-state index contributed by atoms with van der Waals surface area (Å²) in [5.74, 6) is 0.0340. The van der Waals surface area contributed by atoms with Gasteiger partial charge in [0.1, 0.15) is 12.1 Å². The van der Waals surface area contributed by atoms with Crippen molar-refractivity contribution in [3.8, 4) is 0 Å². The van der Waals surface area contributed by atoms with E-state index in [0.717, 1.165) is 10.9 Å². The van der Waals surface area contributed by atoms with Crippen LogP contribution in [-0.4, -0.2) is 26.3 Å². The van der Waals surface area contributed by atoms with E-state index in [-0.39, 0.29) is 12.5 Å². The number of anilines is 1. The Morgan fingerprint density at radius 2 is 2.22 bits per heavy atom. The normalized spacial score (nSPS) is 11.7.